The van der Waals surface area contributed by atoms with E-state index in [-0.39, 0.29) is 0 Å². The van der Waals surface area contributed by atoms with Crippen molar-refractivity contribution in [2.24, 2.45) is 7.05 Å². The molecule has 1 N–H and O–H groups in total. The summed E-state index contributed by atoms with van der Waals surface area (Å²) >= 11 is 2.06. The number of aromatic nitrogens is 2. The summed E-state index contributed by atoms with van der Waals surface area (Å²) in [5.41, 5.74) is -0.671. The van der Waals surface area contributed by atoms with Crippen LogP contribution in [0.15, 0.2) is 12.4 Å². The Labute approximate surface area is 93.9 Å². The van der Waals surface area contributed by atoms with Crippen LogP contribution < -0.4 is 0 Å². The normalized spacial score (nSPS) is 39.6. The van der Waals surface area contributed by atoms with E-state index in [1.54, 1.807) is 6.20 Å². The van der Waals surface area contributed by atoms with Crippen LogP contribution >= 0.6 is 11.8 Å². The topological polar surface area (TPSA) is 38.0 Å². The summed E-state index contributed by atoms with van der Waals surface area (Å²) in [6, 6.07) is 0. The second-order valence-corrected chi connectivity index (χ2v) is 6.36. The molecule has 4 heteroatoms. The van der Waals surface area contributed by atoms with Gasteiger partial charge in [-0.2, -0.15) is 11.8 Å². The van der Waals surface area contributed by atoms with Gasteiger partial charge in [0.1, 0.15) is 11.4 Å². The van der Waals surface area contributed by atoms with Crippen molar-refractivity contribution in [3.05, 3.63) is 18.2 Å². The minimum atomic E-state index is -0.671. The molecule has 0 aliphatic carbocycles. The van der Waals surface area contributed by atoms with Gasteiger partial charge in [0.15, 0.2) is 0 Å². The fraction of sp³-hybridized carbons (Fsp3) is 0.727. The van der Waals surface area contributed by atoms with Crippen LogP contribution in [0.2, 0.25) is 0 Å². The van der Waals surface area contributed by atoms with Crippen LogP contribution in [0.5, 0.6) is 0 Å². The van der Waals surface area contributed by atoms with Gasteiger partial charge in [0.05, 0.1) is 0 Å². The van der Waals surface area contributed by atoms with Gasteiger partial charge in [0.2, 0.25) is 0 Å². The Morgan fingerprint density at radius 2 is 2.13 bits per heavy atom. The smallest absolute Gasteiger partial charge is 0.140 e. The van der Waals surface area contributed by atoms with Crippen LogP contribution in [-0.2, 0) is 12.6 Å². The number of thioether (sulfide) groups is 1. The Morgan fingerprint density at radius 3 is 2.67 bits per heavy atom. The molecule has 3 heterocycles. The molecule has 1 aromatic heterocycles. The third-order valence-corrected chi connectivity index (χ3v) is 5.14. The van der Waals surface area contributed by atoms with Crippen LogP contribution in [0, 0.1) is 0 Å². The van der Waals surface area contributed by atoms with Crippen molar-refractivity contribution in [1.29, 1.82) is 0 Å². The van der Waals surface area contributed by atoms with Gasteiger partial charge in [-0.3, -0.25) is 0 Å². The van der Waals surface area contributed by atoms with E-state index < -0.39 is 5.60 Å². The van der Waals surface area contributed by atoms with Gasteiger partial charge in [-0.05, 0) is 25.7 Å². The van der Waals surface area contributed by atoms with E-state index in [9.17, 15) is 5.11 Å². The van der Waals surface area contributed by atoms with Crippen LogP contribution in [0.4, 0.5) is 0 Å². The summed E-state index contributed by atoms with van der Waals surface area (Å²) in [5, 5.41) is 12.0. The van der Waals surface area contributed by atoms with Gasteiger partial charge in [-0.15, -0.1) is 0 Å². The number of fused-ring (bicyclic) bond motifs is 2. The van der Waals surface area contributed by atoms with E-state index in [2.05, 4.69) is 16.7 Å². The maximum absolute atomic E-state index is 10.7. The number of hydrogen-bond acceptors (Lipinski definition) is 3. The van der Waals surface area contributed by atoms with Gasteiger partial charge in [-0.1, -0.05) is 0 Å². The first-order chi connectivity index (χ1) is 7.17. The molecule has 0 radical (unpaired) electrons. The van der Waals surface area contributed by atoms with E-state index >= 15 is 0 Å². The fourth-order valence-corrected chi connectivity index (χ4v) is 4.75. The van der Waals surface area contributed by atoms with Crippen molar-refractivity contribution in [2.75, 3.05) is 0 Å². The molecule has 15 heavy (non-hydrogen) atoms. The molecule has 1 aromatic rings. The summed E-state index contributed by atoms with van der Waals surface area (Å²) in [7, 11) is 1.96. The summed E-state index contributed by atoms with van der Waals surface area (Å²) in [6.45, 7) is 0. The Bertz CT molecular complexity index is 364. The molecule has 2 aliphatic heterocycles. The van der Waals surface area contributed by atoms with Crippen molar-refractivity contribution in [1.82, 2.24) is 9.55 Å². The summed E-state index contributed by atoms with van der Waals surface area (Å²) in [5.74, 6) is 0.847. The van der Waals surface area contributed by atoms with Crippen molar-refractivity contribution >= 4 is 11.8 Å². The van der Waals surface area contributed by atoms with E-state index in [0.717, 1.165) is 18.7 Å². The fourth-order valence-electron chi connectivity index (χ4n) is 2.91. The molecular weight excluding hydrogens is 208 g/mol. The molecule has 2 bridgehead atoms. The Hall–Kier alpha value is -0.480. The first-order valence-corrected chi connectivity index (χ1v) is 6.47. The first-order valence-electron chi connectivity index (χ1n) is 5.53. The van der Waals surface area contributed by atoms with Gasteiger partial charge >= 0.3 is 0 Å². The second-order valence-electron chi connectivity index (χ2n) is 4.76. The SMILES string of the molecule is Cn1ccnc1C1(O)CC2CCC(C1)S2. The van der Waals surface area contributed by atoms with Crippen LogP contribution in [0.3, 0.4) is 0 Å². The minimum absolute atomic E-state index is 0.644. The summed E-state index contributed by atoms with van der Waals surface area (Å²) in [6.07, 6.45) is 7.97. The van der Waals surface area contributed by atoms with E-state index in [0.29, 0.717) is 10.5 Å². The molecular formula is C11H16N2OS. The van der Waals surface area contributed by atoms with Crippen molar-refractivity contribution in [3.8, 4) is 0 Å². The van der Waals surface area contributed by atoms with E-state index in [1.807, 2.05) is 17.8 Å². The number of rotatable bonds is 1. The lowest BCUT2D eigenvalue weighted by atomic mass is 9.92. The highest BCUT2D eigenvalue weighted by molar-refractivity contribution is 8.00. The molecule has 2 atom stereocenters. The molecule has 3 nitrogen and oxygen atoms in total. The zero-order valence-electron chi connectivity index (χ0n) is 8.89. The second kappa shape index (κ2) is 3.25. The van der Waals surface area contributed by atoms with Crippen molar-refractivity contribution < 1.29 is 5.11 Å². The highest BCUT2D eigenvalue weighted by Gasteiger charge is 2.46. The molecule has 2 unspecified atom stereocenters. The largest absolute Gasteiger partial charge is 0.382 e. The first kappa shape index (κ1) is 9.73. The quantitative estimate of drug-likeness (QED) is 0.788. The molecule has 0 spiro atoms. The standard InChI is InChI=1S/C11H16N2OS/c1-13-5-4-12-10(13)11(14)6-8-2-3-9(7-11)15-8/h4-5,8-9,14H,2-3,6-7H2,1H3. The number of aryl methyl sites for hydroxylation is 1. The molecule has 3 rings (SSSR count). The molecule has 0 aromatic carbocycles. The van der Waals surface area contributed by atoms with Crippen LogP contribution in [0.25, 0.3) is 0 Å². The molecule has 82 valence electrons. The maximum Gasteiger partial charge on any atom is 0.140 e. The Balaban J connectivity index is 1.94. The third kappa shape index (κ3) is 1.51. The third-order valence-electron chi connectivity index (χ3n) is 3.56. The van der Waals surface area contributed by atoms with Crippen molar-refractivity contribution in [3.63, 3.8) is 0 Å². The van der Waals surface area contributed by atoms with Crippen LogP contribution in [-0.4, -0.2) is 25.2 Å². The van der Waals surface area contributed by atoms with Gasteiger partial charge < -0.3 is 9.67 Å². The molecule has 2 aliphatic rings. The lowest BCUT2D eigenvalue weighted by Gasteiger charge is -2.35. The van der Waals surface area contributed by atoms with E-state index in [4.69, 9.17) is 0 Å². The summed E-state index contributed by atoms with van der Waals surface area (Å²) in [4.78, 5) is 4.31. The monoisotopic (exact) mass is 224 g/mol. The lowest BCUT2D eigenvalue weighted by Crippen LogP contribution is -2.37. The minimum Gasteiger partial charge on any atom is -0.382 e. The van der Waals surface area contributed by atoms with Gasteiger partial charge in [0, 0.05) is 29.9 Å². The zero-order valence-corrected chi connectivity index (χ0v) is 9.70. The highest BCUT2D eigenvalue weighted by atomic mass is 32.2. The lowest BCUT2D eigenvalue weighted by molar-refractivity contribution is 0.00831. The number of nitrogens with zero attached hydrogens (tertiary/aromatic N) is 2. The highest BCUT2D eigenvalue weighted by Crippen LogP contribution is 2.50. The number of imidazole rings is 1. The van der Waals surface area contributed by atoms with Gasteiger partial charge in [-0.25, -0.2) is 4.98 Å². The average Bonchev–Trinajstić information content (AvgIpc) is 2.73. The Morgan fingerprint density at radius 1 is 1.47 bits per heavy atom. The predicted molar refractivity (Wildman–Crippen MR) is 60.7 cm³/mol. The molecule has 0 amide bonds. The number of hydrogen-bond donors (Lipinski definition) is 1. The van der Waals surface area contributed by atoms with Gasteiger partial charge in [0.25, 0.3) is 0 Å². The molecule has 2 fully saturated rings. The van der Waals surface area contributed by atoms with Crippen LogP contribution in [0.1, 0.15) is 31.5 Å². The number of aliphatic hydroxyl groups is 1. The molecule has 0 saturated carbocycles. The summed E-state index contributed by atoms with van der Waals surface area (Å²) < 4.78 is 1.95. The van der Waals surface area contributed by atoms with Crippen molar-refractivity contribution in [2.45, 2.75) is 41.8 Å². The maximum atomic E-state index is 10.7. The Kier molecular flexibility index (Phi) is 2.11. The molecule has 2 saturated heterocycles. The zero-order chi connectivity index (χ0) is 10.5. The predicted octanol–water partition coefficient (Wildman–Crippen LogP) is 1.67. The van der Waals surface area contributed by atoms with E-state index in [1.165, 1.54) is 12.8 Å². The average molecular weight is 224 g/mol.